The highest BCUT2D eigenvalue weighted by Gasteiger charge is 2.12. The van der Waals surface area contributed by atoms with E-state index in [2.05, 4.69) is 16.7 Å². The molecule has 140 valence electrons. The van der Waals surface area contributed by atoms with Crippen LogP contribution in [-0.2, 0) is 20.7 Å². The predicted molar refractivity (Wildman–Crippen MR) is 93.8 cm³/mol. The first-order valence-electron chi connectivity index (χ1n) is 8.68. The summed E-state index contributed by atoms with van der Waals surface area (Å²) in [5.74, 6) is -1.73. The molecule has 1 aromatic carbocycles. The molecule has 0 spiro atoms. The Morgan fingerprint density at radius 2 is 1.88 bits per heavy atom. The molecule has 1 aliphatic rings. The number of hydrogen-bond acceptors (Lipinski definition) is 4. The number of nitrogens with one attached hydrogen (secondary N) is 2. The summed E-state index contributed by atoms with van der Waals surface area (Å²) in [7, 11) is 0. The molecular formula is C19H23FN2O4. The molecular weight excluding hydrogens is 339 g/mol. The lowest BCUT2D eigenvalue weighted by Gasteiger charge is -2.13. The Balaban J connectivity index is 1.59. The van der Waals surface area contributed by atoms with Crippen LogP contribution in [0.25, 0.3) is 0 Å². The van der Waals surface area contributed by atoms with Crippen LogP contribution in [0.5, 0.6) is 0 Å². The fraction of sp³-hybridized carbons (Fsp3) is 0.421. The zero-order valence-corrected chi connectivity index (χ0v) is 14.6. The van der Waals surface area contributed by atoms with Gasteiger partial charge in [-0.05, 0) is 49.8 Å². The van der Waals surface area contributed by atoms with Crippen LogP contribution in [0.3, 0.4) is 0 Å². The summed E-state index contributed by atoms with van der Waals surface area (Å²) in [6.45, 7) is -0.0894. The molecule has 1 aliphatic carbocycles. The number of imide groups is 1. The Morgan fingerprint density at radius 3 is 2.58 bits per heavy atom. The normalized spacial score (nSPS) is 13.5. The highest BCUT2D eigenvalue weighted by Crippen LogP contribution is 2.19. The number of esters is 1. The number of allylic oxidation sites excluding steroid dienone is 1. The lowest BCUT2D eigenvalue weighted by atomic mass is 9.97. The van der Waals surface area contributed by atoms with E-state index in [1.165, 1.54) is 42.7 Å². The largest absolute Gasteiger partial charge is 0.455 e. The van der Waals surface area contributed by atoms with E-state index in [1.54, 1.807) is 0 Å². The quantitative estimate of drug-likeness (QED) is 0.577. The summed E-state index contributed by atoms with van der Waals surface area (Å²) in [5, 5.41) is 4.72. The van der Waals surface area contributed by atoms with Gasteiger partial charge < -0.3 is 10.1 Å². The first-order chi connectivity index (χ1) is 12.5. The van der Waals surface area contributed by atoms with Gasteiger partial charge in [-0.2, -0.15) is 0 Å². The highest BCUT2D eigenvalue weighted by molar-refractivity contribution is 5.95. The maximum absolute atomic E-state index is 12.8. The number of urea groups is 1. The SMILES string of the molecule is O=C(COC(=O)Cc1ccc(F)cc1)NC(=O)NCCC1=CCCCC1. The minimum atomic E-state index is -0.702. The van der Waals surface area contributed by atoms with Crippen LogP contribution in [0.1, 0.15) is 37.7 Å². The summed E-state index contributed by atoms with van der Waals surface area (Å²) in [4.78, 5) is 34.9. The second kappa shape index (κ2) is 10.3. The van der Waals surface area contributed by atoms with Gasteiger partial charge in [-0.1, -0.05) is 23.8 Å². The van der Waals surface area contributed by atoms with E-state index >= 15 is 0 Å². The molecule has 3 amide bonds. The molecule has 2 N–H and O–H groups in total. The number of rotatable bonds is 7. The van der Waals surface area contributed by atoms with E-state index in [0.717, 1.165) is 19.3 Å². The predicted octanol–water partition coefficient (Wildman–Crippen LogP) is 2.63. The summed E-state index contributed by atoms with van der Waals surface area (Å²) < 4.78 is 17.6. The van der Waals surface area contributed by atoms with Crippen LogP contribution in [0.15, 0.2) is 35.9 Å². The van der Waals surface area contributed by atoms with Crippen LogP contribution >= 0.6 is 0 Å². The minimum absolute atomic E-state index is 0.0745. The smallest absolute Gasteiger partial charge is 0.321 e. The monoisotopic (exact) mass is 362 g/mol. The number of benzene rings is 1. The standard InChI is InChI=1S/C19H23FN2O4/c20-16-8-6-15(7-9-16)12-18(24)26-13-17(23)22-19(25)21-11-10-14-4-2-1-3-5-14/h4,6-9H,1-3,5,10-13H2,(H2,21,22,23,25). The molecule has 26 heavy (non-hydrogen) atoms. The van der Waals surface area contributed by atoms with Gasteiger partial charge in [-0.15, -0.1) is 0 Å². The van der Waals surface area contributed by atoms with Crippen molar-refractivity contribution < 1.29 is 23.5 Å². The first kappa shape index (κ1) is 19.6. The molecule has 0 fully saturated rings. The van der Waals surface area contributed by atoms with E-state index in [4.69, 9.17) is 4.74 Å². The number of amides is 3. The average molecular weight is 362 g/mol. The summed E-state index contributed by atoms with van der Waals surface area (Å²) >= 11 is 0. The molecule has 6 nitrogen and oxygen atoms in total. The number of hydrogen-bond donors (Lipinski definition) is 2. The molecule has 2 rings (SSSR count). The zero-order chi connectivity index (χ0) is 18.8. The Labute approximate surface area is 151 Å². The topological polar surface area (TPSA) is 84.5 Å². The van der Waals surface area contributed by atoms with Crippen LogP contribution in [0, 0.1) is 5.82 Å². The number of halogens is 1. The van der Waals surface area contributed by atoms with Gasteiger partial charge >= 0.3 is 12.0 Å². The molecule has 0 bridgehead atoms. The average Bonchev–Trinajstić information content (AvgIpc) is 2.63. The molecule has 0 unspecified atom stereocenters. The zero-order valence-electron chi connectivity index (χ0n) is 14.6. The van der Waals surface area contributed by atoms with Gasteiger partial charge in [0.05, 0.1) is 6.42 Å². The van der Waals surface area contributed by atoms with Crippen molar-refractivity contribution in [2.45, 2.75) is 38.5 Å². The maximum Gasteiger partial charge on any atom is 0.321 e. The van der Waals surface area contributed by atoms with Crippen LogP contribution in [0.4, 0.5) is 9.18 Å². The third-order valence-electron chi connectivity index (χ3n) is 4.00. The molecule has 0 radical (unpaired) electrons. The van der Waals surface area contributed by atoms with Gasteiger partial charge in [0.15, 0.2) is 6.61 Å². The van der Waals surface area contributed by atoms with E-state index in [0.29, 0.717) is 12.1 Å². The Hall–Kier alpha value is -2.70. The third-order valence-corrected chi connectivity index (χ3v) is 4.00. The highest BCUT2D eigenvalue weighted by atomic mass is 19.1. The van der Waals surface area contributed by atoms with Crippen molar-refractivity contribution in [1.82, 2.24) is 10.6 Å². The van der Waals surface area contributed by atoms with Gasteiger partial charge in [0, 0.05) is 6.54 Å². The maximum atomic E-state index is 12.8. The molecule has 0 atom stereocenters. The summed E-state index contributed by atoms with van der Waals surface area (Å²) in [6.07, 6.45) is 7.44. The lowest BCUT2D eigenvalue weighted by molar-refractivity contribution is -0.147. The van der Waals surface area contributed by atoms with Crippen LogP contribution in [-0.4, -0.2) is 31.1 Å². The molecule has 0 heterocycles. The lowest BCUT2D eigenvalue weighted by Crippen LogP contribution is -2.41. The van der Waals surface area contributed by atoms with Gasteiger partial charge in [0.1, 0.15) is 5.82 Å². The minimum Gasteiger partial charge on any atom is -0.455 e. The van der Waals surface area contributed by atoms with Gasteiger partial charge in [0.2, 0.25) is 0 Å². The summed E-state index contributed by atoms with van der Waals surface area (Å²) in [5.41, 5.74) is 1.91. The van der Waals surface area contributed by atoms with E-state index in [9.17, 15) is 18.8 Å². The second-order valence-electron chi connectivity index (χ2n) is 6.13. The molecule has 1 aromatic rings. The molecule has 0 aliphatic heterocycles. The molecule has 0 aromatic heterocycles. The van der Waals surface area contributed by atoms with Crippen molar-refractivity contribution in [2.75, 3.05) is 13.2 Å². The number of carbonyl (C=O) groups is 3. The van der Waals surface area contributed by atoms with E-state index in [1.807, 2.05) is 0 Å². The van der Waals surface area contributed by atoms with Gasteiger partial charge in [-0.3, -0.25) is 14.9 Å². The van der Waals surface area contributed by atoms with Gasteiger partial charge in [0.25, 0.3) is 5.91 Å². The Bertz CT molecular complexity index is 671. The second-order valence-corrected chi connectivity index (χ2v) is 6.13. The Morgan fingerprint density at radius 1 is 1.12 bits per heavy atom. The molecule has 0 saturated carbocycles. The van der Waals surface area contributed by atoms with Crippen LogP contribution < -0.4 is 10.6 Å². The van der Waals surface area contributed by atoms with Crippen molar-refractivity contribution in [3.63, 3.8) is 0 Å². The molecule has 7 heteroatoms. The van der Waals surface area contributed by atoms with Crippen molar-refractivity contribution in [3.8, 4) is 0 Å². The van der Waals surface area contributed by atoms with E-state index < -0.39 is 30.3 Å². The number of carbonyl (C=O) groups excluding carboxylic acids is 3. The van der Waals surface area contributed by atoms with Crippen molar-refractivity contribution in [3.05, 3.63) is 47.3 Å². The van der Waals surface area contributed by atoms with Crippen molar-refractivity contribution >= 4 is 17.9 Å². The van der Waals surface area contributed by atoms with Crippen LogP contribution in [0.2, 0.25) is 0 Å². The number of ether oxygens (including phenoxy) is 1. The van der Waals surface area contributed by atoms with Crippen molar-refractivity contribution in [2.24, 2.45) is 0 Å². The van der Waals surface area contributed by atoms with Crippen molar-refractivity contribution in [1.29, 1.82) is 0 Å². The summed E-state index contributed by atoms with van der Waals surface area (Å²) in [6, 6.07) is 4.80. The fourth-order valence-corrected chi connectivity index (χ4v) is 2.64. The third kappa shape index (κ3) is 7.46. The van der Waals surface area contributed by atoms with Gasteiger partial charge in [-0.25, -0.2) is 9.18 Å². The Kier molecular flexibility index (Phi) is 7.79. The van der Waals surface area contributed by atoms with E-state index in [-0.39, 0.29) is 6.42 Å². The first-order valence-corrected chi connectivity index (χ1v) is 8.68. The molecule has 0 saturated heterocycles. The fourth-order valence-electron chi connectivity index (χ4n) is 2.64.